The molecule has 1 unspecified atom stereocenters. The summed E-state index contributed by atoms with van der Waals surface area (Å²) < 4.78 is 6.09. The summed E-state index contributed by atoms with van der Waals surface area (Å²) in [6.07, 6.45) is 1.91. The molecule has 4 rings (SSSR count). The molecule has 2 aromatic rings. The third-order valence-electron chi connectivity index (χ3n) is 5.35. The Labute approximate surface area is 177 Å². The van der Waals surface area contributed by atoms with Gasteiger partial charge >= 0.3 is 5.97 Å². The van der Waals surface area contributed by atoms with Gasteiger partial charge in [-0.1, -0.05) is 30.3 Å². The van der Waals surface area contributed by atoms with Crippen molar-refractivity contribution in [1.29, 1.82) is 0 Å². The molecule has 0 aliphatic carbocycles. The van der Waals surface area contributed by atoms with E-state index in [-0.39, 0.29) is 31.4 Å². The van der Waals surface area contributed by atoms with Gasteiger partial charge < -0.3 is 14.5 Å². The number of rotatable bonds is 4. The van der Waals surface area contributed by atoms with Crippen molar-refractivity contribution < 1.29 is 19.1 Å². The van der Waals surface area contributed by atoms with Crippen molar-refractivity contribution in [2.24, 2.45) is 5.92 Å². The van der Waals surface area contributed by atoms with E-state index in [0.717, 1.165) is 34.3 Å². The Kier molecular flexibility index (Phi) is 5.67. The van der Waals surface area contributed by atoms with Crippen LogP contribution in [0.25, 0.3) is 0 Å². The molecule has 0 aromatic heterocycles. The maximum absolute atomic E-state index is 12.6. The number of hydrogen-bond acceptors (Lipinski definition) is 4. The number of fused-ring (bicyclic) bond motifs is 1. The van der Waals surface area contributed by atoms with E-state index < -0.39 is 11.9 Å². The van der Waals surface area contributed by atoms with Crippen LogP contribution in [0.3, 0.4) is 0 Å². The molecule has 2 heterocycles. The zero-order valence-electron chi connectivity index (χ0n) is 15.8. The molecule has 7 heteroatoms. The second kappa shape index (κ2) is 8.37. The summed E-state index contributed by atoms with van der Waals surface area (Å²) in [6.45, 7) is 0.555. The van der Waals surface area contributed by atoms with E-state index in [9.17, 15) is 14.4 Å². The largest absolute Gasteiger partial charge is 0.455 e. The fourth-order valence-corrected chi connectivity index (χ4v) is 4.39. The Morgan fingerprint density at radius 2 is 1.79 bits per heavy atom. The monoisotopic (exact) mass is 456 g/mol. The molecule has 1 atom stereocenters. The third-order valence-corrected chi connectivity index (χ3v) is 6.02. The summed E-state index contributed by atoms with van der Waals surface area (Å²) in [5.41, 5.74) is 2.74. The molecule has 150 valence electrons. The lowest BCUT2D eigenvalue weighted by Gasteiger charge is -2.29. The first-order chi connectivity index (χ1) is 14.0. The highest BCUT2D eigenvalue weighted by Gasteiger charge is 2.37. The van der Waals surface area contributed by atoms with Gasteiger partial charge in [-0.25, -0.2) is 0 Å². The van der Waals surface area contributed by atoms with Gasteiger partial charge in [-0.15, -0.1) is 0 Å². The molecule has 29 heavy (non-hydrogen) atoms. The number of benzene rings is 2. The molecule has 0 radical (unpaired) electrons. The van der Waals surface area contributed by atoms with Crippen molar-refractivity contribution in [2.45, 2.75) is 19.3 Å². The predicted molar refractivity (Wildman–Crippen MR) is 113 cm³/mol. The summed E-state index contributed by atoms with van der Waals surface area (Å²) in [4.78, 5) is 40.8. The molecule has 2 aromatic carbocycles. The van der Waals surface area contributed by atoms with E-state index in [1.165, 1.54) is 0 Å². The second-order valence-corrected chi connectivity index (χ2v) is 8.10. The Morgan fingerprint density at radius 1 is 1.07 bits per heavy atom. The molecule has 0 N–H and O–H groups in total. The van der Waals surface area contributed by atoms with Gasteiger partial charge in [-0.05, 0) is 52.5 Å². The van der Waals surface area contributed by atoms with Crippen molar-refractivity contribution in [1.82, 2.24) is 0 Å². The van der Waals surface area contributed by atoms with Gasteiger partial charge in [0.2, 0.25) is 5.91 Å². The van der Waals surface area contributed by atoms with Crippen LogP contribution in [-0.2, 0) is 25.5 Å². The maximum atomic E-state index is 12.6. The van der Waals surface area contributed by atoms with Gasteiger partial charge in [0.05, 0.1) is 11.6 Å². The van der Waals surface area contributed by atoms with Crippen LogP contribution in [0.2, 0.25) is 0 Å². The number of nitrogens with zero attached hydrogens (tertiary/aromatic N) is 2. The Balaban J connectivity index is 1.37. The van der Waals surface area contributed by atoms with Gasteiger partial charge in [0.25, 0.3) is 5.91 Å². The number of esters is 1. The highest BCUT2D eigenvalue weighted by molar-refractivity contribution is 9.10. The molecule has 0 bridgehead atoms. The highest BCUT2D eigenvalue weighted by Crippen LogP contribution is 2.32. The Bertz CT molecular complexity index is 961. The van der Waals surface area contributed by atoms with E-state index in [4.69, 9.17) is 4.74 Å². The molecule has 1 fully saturated rings. The molecule has 0 saturated carbocycles. The van der Waals surface area contributed by atoms with Crippen molar-refractivity contribution in [3.05, 3.63) is 58.6 Å². The van der Waals surface area contributed by atoms with Crippen LogP contribution in [0.5, 0.6) is 0 Å². The average Bonchev–Trinajstić information content (AvgIpc) is 3.13. The zero-order valence-corrected chi connectivity index (χ0v) is 17.4. The summed E-state index contributed by atoms with van der Waals surface area (Å²) in [5.74, 6) is -1.45. The number of ether oxygens (including phenoxy) is 1. The van der Waals surface area contributed by atoms with Crippen LogP contribution in [0.15, 0.2) is 53.0 Å². The summed E-state index contributed by atoms with van der Waals surface area (Å²) >= 11 is 3.44. The van der Waals surface area contributed by atoms with Gasteiger partial charge in [-0.3, -0.25) is 14.4 Å². The van der Waals surface area contributed by atoms with Crippen LogP contribution in [0.4, 0.5) is 11.4 Å². The second-order valence-electron chi connectivity index (χ2n) is 7.24. The topological polar surface area (TPSA) is 66.9 Å². The lowest BCUT2D eigenvalue weighted by Crippen LogP contribution is -2.39. The number of para-hydroxylation sites is 2. The molecular weight excluding hydrogens is 436 g/mol. The Morgan fingerprint density at radius 3 is 2.59 bits per heavy atom. The highest BCUT2D eigenvalue weighted by atomic mass is 79.9. The summed E-state index contributed by atoms with van der Waals surface area (Å²) in [5, 5.41) is 0. The number of hydrogen-bond donors (Lipinski definition) is 0. The van der Waals surface area contributed by atoms with Crippen LogP contribution < -0.4 is 9.80 Å². The number of carbonyl (C=O) groups is 3. The molecule has 2 aliphatic rings. The smallest absolute Gasteiger partial charge is 0.311 e. The number of amides is 2. The fourth-order valence-electron chi connectivity index (χ4n) is 3.89. The number of aryl methyl sites for hydroxylation is 1. The maximum Gasteiger partial charge on any atom is 0.311 e. The first kappa shape index (κ1) is 19.6. The predicted octanol–water partition coefficient (Wildman–Crippen LogP) is 3.32. The SMILES string of the molecule is O=C(OCC(=O)N1CCCc2ccccc21)C1CC(=O)N(c2ccccc2Br)C1. The minimum Gasteiger partial charge on any atom is -0.455 e. The molecule has 0 spiro atoms. The van der Waals surface area contributed by atoms with Crippen molar-refractivity contribution in [2.75, 3.05) is 29.5 Å². The van der Waals surface area contributed by atoms with E-state index >= 15 is 0 Å². The third kappa shape index (κ3) is 4.05. The normalized spacial score (nSPS) is 18.5. The van der Waals surface area contributed by atoms with Crippen LogP contribution in [-0.4, -0.2) is 37.5 Å². The minimum absolute atomic E-state index is 0.0842. The van der Waals surface area contributed by atoms with E-state index in [1.807, 2.05) is 48.5 Å². The van der Waals surface area contributed by atoms with Crippen molar-refractivity contribution in [3.63, 3.8) is 0 Å². The fraction of sp³-hybridized carbons (Fsp3) is 0.318. The Hall–Kier alpha value is -2.67. The first-order valence-corrected chi connectivity index (χ1v) is 10.4. The average molecular weight is 457 g/mol. The van der Waals surface area contributed by atoms with E-state index in [1.54, 1.807) is 9.80 Å². The number of carbonyl (C=O) groups excluding carboxylic acids is 3. The minimum atomic E-state index is -0.573. The molecule has 6 nitrogen and oxygen atoms in total. The van der Waals surface area contributed by atoms with Gasteiger partial charge in [0, 0.05) is 29.7 Å². The van der Waals surface area contributed by atoms with Gasteiger partial charge in [-0.2, -0.15) is 0 Å². The van der Waals surface area contributed by atoms with E-state index in [0.29, 0.717) is 6.54 Å². The van der Waals surface area contributed by atoms with Crippen LogP contribution >= 0.6 is 15.9 Å². The lowest BCUT2D eigenvalue weighted by atomic mass is 10.0. The van der Waals surface area contributed by atoms with E-state index in [2.05, 4.69) is 15.9 Å². The summed E-state index contributed by atoms with van der Waals surface area (Å²) in [6, 6.07) is 15.2. The van der Waals surface area contributed by atoms with Gasteiger partial charge in [0.1, 0.15) is 0 Å². The number of anilines is 2. The summed E-state index contributed by atoms with van der Waals surface area (Å²) in [7, 11) is 0. The first-order valence-electron chi connectivity index (χ1n) is 9.64. The van der Waals surface area contributed by atoms with Crippen molar-refractivity contribution >= 4 is 45.1 Å². The molecule has 1 saturated heterocycles. The quantitative estimate of drug-likeness (QED) is 0.661. The van der Waals surface area contributed by atoms with Gasteiger partial charge in [0.15, 0.2) is 6.61 Å². The molecule has 2 aliphatic heterocycles. The van der Waals surface area contributed by atoms with Crippen molar-refractivity contribution in [3.8, 4) is 0 Å². The number of halogens is 1. The molecular formula is C22H21BrN2O4. The molecule has 2 amide bonds. The van der Waals surface area contributed by atoms with Crippen LogP contribution in [0, 0.1) is 5.92 Å². The lowest BCUT2D eigenvalue weighted by molar-refractivity contribution is -0.151. The zero-order chi connectivity index (χ0) is 20.4. The van der Waals surface area contributed by atoms with Crippen LogP contribution in [0.1, 0.15) is 18.4 Å². The standard InChI is InChI=1S/C22H21BrN2O4/c23-17-8-2-4-10-19(17)25-13-16(12-20(25)26)22(28)29-14-21(27)24-11-5-7-15-6-1-3-9-18(15)24/h1-4,6,8-10,16H,5,7,11-14H2.